The van der Waals surface area contributed by atoms with Gasteiger partial charge in [-0.25, -0.2) is 0 Å². The molecule has 0 saturated carbocycles. The highest BCUT2D eigenvalue weighted by Crippen LogP contribution is 2.24. The first kappa shape index (κ1) is 12.9. The molecule has 2 rings (SSSR count). The Morgan fingerprint density at radius 1 is 1.17 bits per heavy atom. The lowest BCUT2D eigenvalue weighted by atomic mass is 10.0. The molecule has 2 aromatic rings. The van der Waals surface area contributed by atoms with Crippen LogP contribution in [0.25, 0.3) is 16.5 Å². The molecule has 0 bridgehead atoms. The Labute approximate surface area is 110 Å². The number of aromatic amines is 1. The SMILES string of the molecule is C/C=C(\CCCCCC)c1cc2ccccc2[nH]1. The van der Waals surface area contributed by atoms with Crippen LogP contribution in [0.4, 0.5) is 0 Å². The van der Waals surface area contributed by atoms with Gasteiger partial charge < -0.3 is 4.98 Å². The minimum atomic E-state index is 1.18. The molecule has 96 valence electrons. The Hall–Kier alpha value is -1.50. The highest BCUT2D eigenvalue weighted by Gasteiger charge is 2.04. The minimum Gasteiger partial charge on any atom is -0.355 e. The van der Waals surface area contributed by atoms with Gasteiger partial charge in [0, 0.05) is 11.2 Å². The van der Waals surface area contributed by atoms with Crippen LogP contribution in [0.1, 0.15) is 51.6 Å². The summed E-state index contributed by atoms with van der Waals surface area (Å²) >= 11 is 0. The maximum atomic E-state index is 3.52. The summed E-state index contributed by atoms with van der Waals surface area (Å²) in [5.74, 6) is 0. The molecule has 0 aliphatic heterocycles. The van der Waals surface area contributed by atoms with Crippen LogP contribution >= 0.6 is 0 Å². The molecule has 0 amide bonds. The van der Waals surface area contributed by atoms with Gasteiger partial charge in [-0.2, -0.15) is 0 Å². The summed E-state index contributed by atoms with van der Waals surface area (Å²) in [4.78, 5) is 3.52. The zero-order valence-electron chi connectivity index (χ0n) is 11.5. The predicted octanol–water partition coefficient (Wildman–Crippen LogP) is 5.54. The van der Waals surface area contributed by atoms with Crippen molar-refractivity contribution >= 4 is 16.5 Å². The molecule has 1 heteroatoms. The van der Waals surface area contributed by atoms with Crippen molar-refractivity contribution in [2.24, 2.45) is 0 Å². The number of hydrogen-bond acceptors (Lipinski definition) is 0. The molecule has 0 aliphatic rings. The van der Waals surface area contributed by atoms with Gasteiger partial charge in [0.25, 0.3) is 0 Å². The summed E-state index contributed by atoms with van der Waals surface area (Å²) in [6.45, 7) is 4.40. The summed E-state index contributed by atoms with van der Waals surface area (Å²) < 4.78 is 0. The van der Waals surface area contributed by atoms with E-state index in [4.69, 9.17) is 0 Å². The minimum absolute atomic E-state index is 1.18. The van der Waals surface area contributed by atoms with E-state index in [1.807, 2.05) is 0 Å². The van der Waals surface area contributed by atoms with Crippen molar-refractivity contribution in [3.05, 3.63) is 42.1 Å². The second-order valence-electron chi connectivity index (χ2n) is 4.89. The first-order valence-corrected chi connectivity index (χ1v) is 7.08. The first-order valence-electron chi connectivity index (χ1n) is 7.08. The van der Waals surface area contributed by atoms with E-state index in [1.54, 1.807) is 0 Å². The number of aromatic nitrogens is 1. The van der Waals surface area contributed by atoms with Crippen molar-refractivity contribution in [3.8, 4) is 0 Å². The lowest BCUT2D eigenvalue weighted by Crippen LogP contribution is -1.85. The summed E-state index contributed by atoms with van der Waals surface area (Å²) in [6, 6.07) is 10.8. The average Bonchev–Trinajstić information content (AvgIpc) is 2.82. The van der Waals surface area contributed by atoms with Gasteiger partial charge in [0.15, 0.2) is 0 Å². The van der Waals surface area contributed by atoms with E-state index in [9.17, 15) is 0 Å². The first-order chi connectivity index (χ1) is 8.85. The summed E-state index contributed by atoms with van der Waals surface area (Å²) in [5.41, 5.74) is 3.97. The standard InChI is InChI=1S/C17H23N/c1-3-5-6-7-10-14(4-2)17-13-15-11-8-9-12-16(15)18-17/h4,8-9,11-13,18H,3,5-7,10H2,1-2H3/b14-4+. The molecular formula is C17H23N. The molecule has 0 fully saturated rings. The highest BCUT2D eigenvalue weighted by molar-refractivity contribution is 5.84. The van der Waals surface area contributed by atoms with Gasteiger partial charge in [-0.15, -0.1) is 0 Å². The van der Waals surface area contributed by atoms with E-state index in [-0.39, 0.29) is 0 Å². The second-order valence-corrected chi connectivity index (χ2v) is 4.89. The van der Waals surface area contributed by atoms with E-state index in [0.717, 1.165) is 0 Å². The fourth-order valence-electron chi connectivity index (χ4n) is 2.42. The van der Waals surface area contributed by atoms with Crippen molar-refractivity contribution in [1.29, 1.82) is 0 Å². The number of para-hydroxylation sites is 1. The van der Waals surface area contributed by atoms with E-state index in [0.29, 0.717) is 0 Å². The number of fused-ring (bicyclic) bond motifs is 1. The maximum Gasteiger partial charge on any atom is 0.0458 e. The van der Waals surface area contributed by atoms with Crippen LogP contribution in [-0.4, -0.2) is 4.98 Å². The summed E-state index contributed by atoms with van der Waals surface area (Å²) in [5, 5.41) is 1.31. The van der Waals surface area contributed by atoms with Gasteiger partial charge in [-0.3, -0.25) is 0 Å². The molecule has 0 atom stereocenters. The highest BCUT2D eigenvalue weighted by atomic mass is 14.7. The number of benzene rings is 1. The van der Waals surface area contributed by atoms with Crippen LogP contribution < -0.4 is 0 Å². The Morgan fingerprint density at radius 3 is 2.72 bits per heavy atom. The molecule has 1 N–H and O–H groups in total. The van der Waals surface area contributed by atoms with Crippen molar-refractivity contribution in [1.82, 2.24) is 4.98 Å². The van der Waals surface area contributed by atoms with E-state index >= 15 is 0 Å². The van der Waals surface area contributed by atoms with Crippen molar-refractivity contribution in [2.45, 2.75) is 46.0 Å². The molecule has 0 radical (unpaired) electrons. The molecule has 0 spiro atoms. The average molecular weight is 241 g/mol. The topological polar surface area (TPSA) is 15.8 Å². The normalized spacial score (nSPS) is 12.2. The van der Waals surface area contributed by atoms with Gasteiger partial charge in [0.2, 0.25) is 0 Å². The van der Waals surface area contributed by atoms with Crippen LogP contribution in [0, 0.1) is 0 Å². The monoisotopic (exact) mass is 241 g/mol. The van der Waals surface area contributed by atoms with Gasteiger partial charge in [-0.05, 0) is 42.9 Å². The van der Waals surface area contributed by atoms with Gasteiger partial charge in [-0.1, -0.05) is 50.5 Å². The number of unbranched alkanes of at least 4 members (excludes halogenated alkanes) is 3. The van der Waals surface area contributed by atoms with Gasteiger partial charge in [0.05, 0.1) is 0 Å². The third kappa shape index (κ3) is 3.04. The Kier molecular flexibility index (Phi) is 4.63. The van der Waals surface area contributed by atoms with Crippen LogP contribution in [0.3, 0.4) is 0 Å². The van der Waals surface area contributed by atoms with Crippen molar-refractivity contribution in [3.63, 3.8) is 0 Å². The lowest BCUT2D eigenvalue weighted by molar-refractivity contribution is 0.678. The fraction of sp³-hybridized carbons (Fsp3) is 0.412. The number of allylic oxidation sites excluding steroid dienone is 2. The quantitative estimate of drug-likeness (QED) is 0.639. The number of hydrogen-bond donors (Lipinski definition) is 1. The molecule has 0 unspecified atom stereocenters. The van der Waals surface area contributed by atoms with Crippen molar-refractivity contribution in [2.75, 3.05) is 0 Å². The van der Waals surface area contributed by atoms with Gasteiger partial charge >= 0.3 is 0 Å². The van der Waals surface area contributed by atoms with E-state index < -0.39 is 0 Å². The van der Waals surface area contributed by atoms with Crippen LogP contribution in [0.15, 0.2) is 36.4 Å². The maximum absolute atomic E-state index is 3.52. The molecule has 1 heterocycles. The Balaban J connectivity index is 2.08. The molecule has 1 aromatic heterocycles. The molecule has 1 aromatic carbocycles. The fourth-order valence-corrected chi connectivity index (χ4v) is 2.42. The Morgan fingerprint density at radius 2 is 2.00 bits per heavy atom. The second kappa shape index (κ2) is 6.44. The third-order valence-corrected chi connectivity index (χ3v) is 3.52. The molecule has 18 heavy (non-hydrogen) atoms. The Bertz CT molecular complexity index is 486. The zero-order chi connectivity index (χ0) is 12.8. The summed E-state index contributed by atoms with van der Waals surface area (Å²) in [6.07, 6.45) is 8.72. The van der Waals surface area contributed by atoms with E-state index in [2.05, 4.69) is 55.2 Å². The van der Waals surface area contributed by atoms with Crippen LogP contribution in [0.2, 0.25) is 0 Å². The van der Waals surface area contributed by atoms with Crippen molar-refractivity contribution < 1.29 is 0 Å². The number of H-pyrrole nitrogens is 1. The van der Waals surface area contributed by atoms with Gasteiger partial charge in [0.1, 0.15) is 0 Å². The lowest BCUT2D eigenvalue weighted by Gasteiger charge is -2.04. The smallest absolute Gasteiger partial charge is 0.0458 e. The number of nitrogens with one attached hydrogen (secondary N) is 1. The molecule has 0 aliphatic carbocycles. The molecule has 0 saturated heterocycles. The molecular weight excluding hydrogens is 218 g/mol. The number of rotatable bonds is 6. The van der Waals surface area contributed by atoms with E-state index in [1.165, 1.54) is 54.3 Å². The zero-order valence-corrected chi connectivity index (χ0v) is 11.5. The predicted molar refractivity (Wildman–Crippen MR) is 80.7 cm³/mol. The van der Waals surface area contributed by atoms with Crippen LogP contribution in [0.5, 0.6) is 0 Å². The largest absolute Gasteiger partial charge is 0.355 e. The van der Waals surface area contributed by atoms with Crippen LogP contribution in [-0.2, 0) is 0 Å². The third-order valence-electron chi connectivity index (χ3n) is 3.52. The molecule has 1 nitrogen and oxygen atoms in total. The summed E-state index contributed by atoms with van der Waals surface area (Å²) in [7, 11) is 0.